The average Bonchev–Trinajstić information content (AvgIpc) is 2.61. The first kappa shape index (κ1) is 17.0. The molecule has 25 heavy (non-hydrogen) atoms. The molecule has 0 saturated carbocycles. The Bertz CT molecular complexity index is 830. The molecule has 4 nitrogen and oxygen atoms in total. The predicted octanol–water partition coefficient (Wildman–Crippen LogP) is 4.86. The van der Waals surface area contributed by atoms with Crippen molar-refractivity contribution in [2.24, 2.45) is 0 Å². The van der Waals surface area contributed by atoms with Gasteiger partial charge in [0.25, 0.3) is 0 Å². The molecule has 128 valence electrons. The second-order valence-electron chi connectivity index (χ2n) is 6.11. The fourth-order valence-electron chi connectivity index (χ4n) is 2.82. The number of aromatic nitrogens is 2. The van der Waals surface area contributed by atoms with E-state index in [1.54, 1.807) is 0 Å². The number of anilines is 3. The second kappa shape index (κ2) is 7.79. The maximum Gasteiger partial charge on any atom is 0.225 e. The highest BCUT2D eigenvalue weighted by molar-refractivity contribution is 5.61. The summed E-state index contributed by atoms with van der Waals surface area (Å²) in [6.07, 6.45) is 0. The summed E-state index contributed by atoms with van der Waals surface area (Å²) >= 11 is 0. The molecule has 0 aliphatic carbocycles. The summed E-state index contributed by atoms with van der Waals surface area (Å²) in [5.74, 6) is 1.57. The van der Waals surface area contributed by atoms with Gasteiger partial charge in [0.05, 0.1) is 0 Å². The largest absolute Gasteiger partial charge is 0.350 e. The predicted molar refractivity (Wildman–Crippen MR) is 104 cm³/mol. The van der Waals surface area contributed by atoms with Crippen LogP contribution in [0.1, 0.15) is 23.7 Å². The lowest BCUT2D eigenvalue weighted by molar-refractivity contribution is 0.954. The molecule has 1 aromatic heterocycles. The molecule has 2 aromatic carbocycles. The molecule has 0 aliphatic heterocycles. The van der Waals surface area contributed by atoms with Gasteiger partial charge in [0.2, 0.25) is 5.95 Å². The minimum atomic E-state index is 0.657. The van der Waals surface area contributed by atoms with Gasteiger partial charge < -0.3 is 10.2 Å². The van der Waals surface area contributed by atoms with Crippen LogP contribution in [-0.4, -0.2) is 16.5 Å². The van der Waals surface area contributed by atoms with E-state index < -0.39 is 0 Å². The molecule has 3 rings (SSSR count). The summed E-state index contributed by atoms with van der Waals surface area (Å²) in [5, 5.41) is 3.34. The van der Waals surface area contributed by atoms with E-state index in [0.717, 1.165) is 23.7 Å². The summed E-state index contributed by atoms with van der Waals surface area (Å²) in [6, 6.07) is 20.8. The van der Waals surface area contributed by atoms with Crippen molar-refractivity contribution in [3.63, 3.8) is 0 Å². The second-order valence-corrected chi connectivity index (χ2v) is 6.11. The minimum absolute atomic E-state index is 0.657. The Morgan fingerprint density at radius 1 is 0.920 bits per heavy atom. The number of nitrogens with zero attached hydrogens (tertiary/aromatic N) is 3. The number of hydrogen-bond acceptors (Lipinski definition) is 4. The number of aryl methyl sites for hydroxylation is 2. The van der Waals surface area contributed by atoms with Crippen molar-refractivity contribution in [2.45, 2.75) is 27.3 Å². The summed E-state index contributed by atoms with van der Waals surface area (Å²) in [4.78, 5) is 11.5. The van der Waals surface area contributed by atoms with Gasteiger partial charge in [-0.05, 0) is 44.0 Å². The topological polar surface area (TPSA) is 41.1 Å². The fraction of sp³-hybridized carbons (Fsp3) is 0.238. The van der Waals surface area contributed by atoms with Crippen molar-refractivity contribution in [3.05, 3.63) is 77.5 Å². The normalized spacial score (nSPS) is 10.5. The molecule has 0 fully saturated rings. The molecule has 0 radical (unpaired) electrons. The minimum Gasteiger partial charge on any atom is -0.350 e. The van der Waals surface area contributed by atoms with Crippen molar-refractivity contribution in [2.75, 3.05) is 16.8 Å². The SMILES string of the molecule is CCN(c1cccc(C)c1)c1cc(C)nc(NCc2ccccc2)n1. The smallest absolute Gasteiger partial charge is 0.225 e. The van der Waals surface area contributed by atoms with Crippen LogP contribution in [0.15, 0.2) is 60.7 Å². The molecule has 4 heteroatoms. The van der Waals surface area contributed by atoms with Crippen LogP contribution in [0, 0.1) is 13.8 Å². The lowest BCUT2D eigenvalue weighted by Gasteiger charge is -2.23. The number of hydrogen-bond donors (Lipinski definition) is 1. The average molecular weight is 332 g/mol. The summed E-state index contributed by atoms with van der Waals surface area (Å²) in [6.45, 7) is 7.80. The van der Waals surface area contributed by atoms with Crippen LogP contribution in [0.2, 0.25) is 0 Å². The molecule has 0 spiro atoms. The Morgan fingerprint density at radius 2 is 1.72 bits per heavy atom. The van der Waals surface area contributed by atoms with Crippen LogP contribution in [0.4, 0.5) is 17.5 Å². The zero-order chi connectivity index (χ0) is 17.6. The standard InChI is InChI=1S/C21H24N4/c1-4-25(19-12-8-9-16(2)13-19)20-14-17(3)23-21(24-20)22-15-18-10-6-5-7-11-18/h5-14H,4,15H2,1-3H3,(H,22,23,24). The van der Waals surface area contributed by atoms with Crippen LogP contribution < -0.4 is 10.2 Å². The van der Waals surface area contributed by atoms with E-state index in [1.165, 1.54) is 11.1 Å². The molecule has 1 heterocycles. The lowest BCUT2D eigenvalue weighted by Crippen LogP contribution is -2.19. The third-order valence-electron chi connectivity index (χ3n) is 4.04. The van der Waals surface area contributed by atoms with Gasteiger partial charge in [0.1, 0.15) is 5.82 Å². The van der Waals surface area contributed by atoms with Crippen molar-refractivity contribution < 1.29 is 0 Å². The molecule has 0 amide bonds. The van der Waals surface area contributed by atoms with Gasteiger partial charge in [0.15, 0.2) is 0 Å². The molecular formula is C21H24N4. The Labute approximate surface area is 149 Å². The van der Waals surface area contributed by atoms with Gasteiger partial charge >= 0.3 is 0 Å². The van der Waals surface area contributed by atoms with Crippen LogP contribution in [0.25, 0.3) is 0 Å². The quantitative estimate of drug-likeness (QED) is 0.699. The maximum absolute atomic E-state index is 4.73. The molecule has 0 bridgehead atoms. The molecule has 3 aromatic rings. The third-order valence-corrected chi connectivity index (χ3v) is 4.04. The number of nitrogens with one attached hydrogen (secondary N) is 1. The zero-order valence-electron chi connectivity index (χ0n) is 15.0. The molecular weight excluding hydrogens is 308 g/mol. The molecule has 1 N–H and O–H groups in total. The highest BCUT2D eigenvalue weighted by atomic mass is 15.2. The first-order chi connectivity index (χ1) is 12.2. The van der Waals surface area contributed by atoms with E-state index in [-0.39, 0.29) is 0 Å². The van der Waals surface area contributed by atoms with Crippen LogP contribution in [-0.2, 0) is 6.54 Å². The van der Waals surface area contributed by atoms with Crippen LogP contribution >= 0.6 is 0 Å². The van der Waals surface area contributed by atoms with E-state index in [2.05, 4.69) is 65.4 Å². The van der Waals surface area contributed by atoms with Crippen LogP contribution in [0.5, 0.6) is 0 Å². The van der Waals surface area contributed by atoms with Gasteiger partial charge in [-0.1, -0.05) is 42.5 Å². The molecule has 0 aliphatic rings. The summed E-state index contributed by atoms with van der Waals surface area (Å²) in [7, 11) is 0. The Hall–Kier alpha value is -2.88. The Morgan fingerprint density at radius 3 is 2.44 bits per heavy atom. The Kier molecular flexibility index (Phi) is 5.29. The first-order valence-corrected chi connectivity index (χ1v) is 8.63. The van der Waals surface area contributed by atoms with Crippen molar-refractivity contribution in [1.82, 2.24) is 9.97 Å². The van der Waals surface area contributed by atoms with Crippen molar-refractivity contribution in [3.8, 4) is 0 Å². The van der Waals surface area contributed by atoms with E-state index in [4.69, 9.17) is 4.98 Å². The van der Waals surface area contributed by atoms with Gasteiger partial charge in [0, 0.05) is 30.5 Å². The van der Waals surface area contributed by atoms with Crippen molar-refractivity contribution in [1.29, 1.82) is 0 Å². The summed E-state index contributed by atoms with van der Waals surface area (Å²) < 4.78 is 0. The van der Waals surface area contributed by atoms with Crippen LogP contribution in [0.3, 0.4) is 0 Å². The van der Waals surface area contributed by atoms with Gasteiger partial charge in [-0.3, -0.25) is 0 Å². The zero-order valence-corrected chi connectivity index (χ0v) is 15.0. The lowest BCUT2D eigenvalue weighted by atomic mass is 10.2. The van der Waals surface area contributed by atoms with Gasteiger partial charge in [-0.2, -0.15) is 4.98 Å². The molecule has 0 atom stereocenters. The highest BCUT2D eigenvalue weighted by Gasteiger charge is 2.11. The maximum atomic E-state index is 4.73. The van der Waals surface area contributed by atoms with Gasteiger partial charge in [-0.25, -0.2) is 4.98 Å². The van der Waals surface area contributed by atoms with E-state index in [1.807, 2.05) is 31.2 Å². The van der Waals surface area contributed by atoms with Gasteiger partial charge in [-0.15, -0.1) is 0 Å². The van der Waals surface area contributed by atoms with E-state index >= 15 is 0 Å². The van der Waals surface area contributed by atoms with E-state index in [0.29, 0.717) is 12.5 Å². The fourth-order valence-corrected chi connectivity index (χ4v) is 2.82. The number of benzene rings is 2. The highest BCUT2D eigenvalue weighted by Crippen LogP contribution is 2.25. The monoisotopic (exact) mass is 332 g/mol. The number of rotatable bonds is 6. The summed E-state index contributed by atoms with van der Waals surface area (Å²) in [5.41, 5.74) is 4.55. The van der Waals surface area contributed by atoms with Crippen molar-refractivity contribution >= 4 is 17.5 Å². The third kappa shape index (κ3) is 4.35. The first-order valence-electron chi connectivity index (χ1n) is 8.63. The molecule has 0 saturated heterocycles. The molecule has 0 unspecified atom stereocenters. The van der Waals surface area contributed by atoms with E-state index in [9.17, 15) is 0 Å². The Balaban J connectivity index is 1.84.